The predicted octanol–water partition coefficient (Wildman–Crippen LogP) is 11.2. The molecule has 0 saturated heterocycles. The maximum absolute atomic E-state index is 16.5. The highest BCUT2D eigenvalue weighted by Gasteiger charge is 2.42. The van der Waals surface area contributed by atoms with Crippen LogP contribution in [0.1, 0.15) is 20.9 Å². The second-order valence-electron chi connectivity index (χ2n) is 11.7. The predicted molar refractivity (Wildman–Crippen MR) is 204 cm³/mol. The van der Waals surface area contributed by atoms with Crippen LogP contribution in [0.25, 0.3) is 50.3 Å². The van der Waals surface area contributed by atoms with Crippen molar-refractivity contribution >= 4 is 88.6 Å². The molecule has 1 aliphatic rings. The first-order chi connectivity index (χ1) is 22.5. The third kappa shape index (κ3) is 4.27. The summed E-state index contributed by atoms with van der Waals surface area (Å²) in [5, 5.41) is 7.43. The first kappa shape index (κ1) is 28.4. The Hall–Kier alpha value is -3.83. The van der Waals surface area contributed by atoms with Crippen LogP contribution in [-0.2, 0) is 4.57 Å². The Balaban J connectivity index is 1.57. The summed E-state index contributed by atoms with van der Waals surface area (Å²) in [6, 6.07) is 44.8. The molecule has 1 aliphatic heterocycles. The number of thiophene rings is 4. The summed E-state index contributed by atoms with van der Waals surface area (Å²) in [6.07, 6.45) is 0. The molecule has 0 saturated carbocycles. The molecule has 222 valence electrons. The monoisotopic (exact) mass is 682 g/mol. The van der Waals surface area contributed by atoms with Crippen LogP contribution >= 0.6 is 52.5 Å². The van der Waals surface area contributed by atoms with Gasteiger partial charge in [-0.1, -0.05) is 91.0 Å². The van der Waals surface area contributed by atoms with E-state index in [0.717, 1.165) is 37.5 Å². The van der Waals surface area contributed by atoms with Crippen molar-refractivity contribution in [3.8, 4) is 19.5 Å². The maximum atomic E-state index is 16.5. The van der Waals surface area contributed by atoms with Gasteiger partial charge in [-0.2, -0.15) is 0 Å². The number of fused-ring (bicyclic) bond motifs is 6. The summed E-state index contributed by atoms with van der Waals surface area (Å²) in [5.74, 6) is 0. The van der Waals surface area contributed by atoms with Crippen molar-refractivity contribution in [3.63, 3.8) is 0 Å². The summed E-state index contributed by atoms with van der Waals surface area (Å²) in [6.45, 7) is 4.34. The Morgan fingerprint density at radius 1 is 0.457 bits per heavy atom. The van der Waals surface area contributed by atoms with Gasteiger partial charge in [0.05, 0.1) is 9.40 Å². The average Bonchev–Trinajstić information content (AvgIpc) is 3.91. The molecule has 0 spiro atoms. The Morgan fingerprint density at radius 2 is 0.870 bits per heavy atom. The standard InChI is InChI=1S/C40H27OPS4/c1-24-18-20-31(43-24)33-22-29-35-36(30-23-34(32-21-19-25(2)44-32)46-40(30)39(29)45-33)38(27-14-8-4-9-15-27)42(41,28-16-10-5-11-17-28)37(35)26-12-6-3-7-13-26/h3-23H,1-2H3. The SMILES string of the molecule is Cc1ccc(-c2cc3c4c(c5cc(-c6ccc(C)s6)sc5c3s2)=C(c2ccccc2)P(=O)(c2ccccc2)C=4c2ccccc2)s1. The van der Waals surface area contributed by atoms with E-state index in [9.17, 15) is 0 Å². The van der Waals surface area contributed by atoms with Gasteiger partial charge in [-0.25, -0.2) is 0 Å². The molecule has 0 aliphatic carbocycles. The van der Waals surface area contributed by atoms with E-state index in [-0.39, 0.29) is 0 Å². The summed E-state index contributed by atoms with van der Waals surface area (Å²) in [7, 11) is -3.35. The van der Waals surface area contributed by atoms with E-state index in [0.29, 0.717) is 0 Å². The van der Waals surface area contributed by atoms with E-state index < -0.39 is 7.14 Å². The molecule has 0 N–H and O–H groups in total. The topological polar surface area (TPSA) is 17.1 Å². The molecule has 1 nitrogen and oxygen atoms in total. The molecule has 9 rings (SSSR count). The minimum atomic E-state index is -3.35. The van der Waals surface area contributed by atoms with Crippen molar-refractivity contribution in [3.05, 3.63) is 159 Å². The normalized spacial score (nSPS) is 14.0. The molecule has 0 bridgehead atoms. The van der Waals surface area contributed by atoms with E-state index in [2.05, 4.69) is 111 Å². The van der Waals surface area contributed by atoms with Crippen LogP contribution in [0, 0.1) is 13.8 Å². The van der Waals surface area contributed by atoms with Crippen LogP contribution in [0.5, 0.6) is 0 Å². The summed E-state index contributed by atoms with van der Waals surface area (Å²) >= 11 is 7.43. The minimum Gasteiger partial charge on any atom is -0.309 e. The lowest BCUT2D eigenvalue weighted by Gasteiger charge is -2.22. The summed E-state index contributed by atoms with van der Waals surface area (Å²) < 4.78 is 19.1. The van der Waals surface area contributed by atoms with E-state index in [1.165, 1.54) is 49.4 Å². The highest BCUT2D eigenvalue weighted by Crippen LogP contribution is 2.67. The molecular weight excluding hydrogens is 656 g/mol. The number of aryl methyl sites for hydroxylation is 2. The molecule has 0 radical (unpaired) electrons. The van der Waals surface area contributed by atoms with Crippen LogP contribution in [0.2, 0.25) is 0 Å². The third-order valence-corrected chi connectivity index (χ3v) is 16.8. The molecule has 8 aromatic rings. The lowest BCUT2D eigenvalue weighted by Crippen LogP contribution is -2.26. The lowest BCUT2D eigenvalue weighted by atomic mass is 10.0. The molecule has 0 amide bonds. The quantitative estimate of drug-likeness (QED) is 0.165. The smallest absolute Gasteiger partial charge is 0.173 e. The van der Waals surface area contributed by atoms with Gasteiger partial charge in [0.25, 0.3) is 0 Å². The number of benzene rings is 4. The molecule has 46 heavy (non-hydrogen) atoms. The Bertz CT molecular complexity index is 2460. The molecule has 0 fully saturated rings. The Kier molecular flexibility index (Phi) is 6.71. The van der Waals surface area contributed by atoms with Crippen molar-refractivity contribution < 1.29 is 4.57 Å². The lowest BCUT2D eigenvalue weighted by molar-refractivity contribution is 0.593. The number of hydrogen-bond donors (Lipinski definition) is 0. The molecule has 4 aromatic heterocycles. The van der Waals surface area contributed by atoms with Crippen LogP contribution in [0.15, 0.2) is 127 Å². The largest absolute Gasteiger partial charge is 0.309 e. The van der Waals surface area contributed by atoms with Crippen LogP contribution in [0.4, 0.5) is 0 Å². The van der Waals surface area contributed by atoms with E-state index in [1.807, 2.05) is 75.7 Å². The maximum Gasteiger partial charge on any atom is 0.173 e. The Morgan fingerprint density at radius 3 is 1.26 bits per heavy atom. The van der Waals surface area contributed by atoms with Gasteiger partial charge >= 0.3 is 0 Å². The summed E-state index contributed by atoms with van der Waals surface area (Å²) in [4.78, 5) is 7.70. The highest BCUT2D eigenvalue weighted by atomic mass is 32.1. The van der Waals surface area contributed by atoms with E-state index in [1.54, 1.807) is 0 Å². The fourth-order valence-corrected chi connectivity index (χ4v) is 14.6. The average molecular weight is 683 g/mol. The van der Waals surface area contributed by atoms with E-state index in [4.69, 9.17) is 0 Å². The van der Waals surface area contributed by atoms with Gasteiger partial charge in [0.15, 0.2) is 7.14 Å². The zero-order valence-electron chi connectivity index (χ0n) is 25.1. The zero-order chi connectivity index (χ0) is 31.0. The van der Waals surface area contributed by atoms with E-state index >= 15 is 4.57 Å². The van der Waals surface area contributed by atoms with Gasteiger partial charge < -0.3 is 4.57 Å². The molecule has 0 unspecified atom stereocenters. The fraction of sp³-hybridized carbons (Fsp3) is 0.0500. The van der Waals surface area contributed by atoms with Crippen LogP contribution in [-0.4, -0.2) is 0 Å². The highest BCUT2D eigenvalue weighted by molar-refractivity contribution is 7.90. The van der Waals surface area contributed by atoms with Gasteiger partial charge in [0, 0.05) is 66.4 Å². The molecule has 0 atom stereocenters. The number of rotatable bonds is 5. The van der Waals surface area contributed by atoms with Gasteiger partial charge in [-0.15, -0.1) is 45.3 Å². The Labute approximate surface area is 283 Å². The number of hydrogen-bond acceptors (Lipinski definition) is 5. The van der Waals surface area contributed by atoms with Crippen molar-refractivity contribution in [1.82, 2.24) is 0 Å². The third-order valence-electron chi connectivity index (χ3n) is 8.74. The van der Waals surface area contributed by atoms with Crippen molar-refractivity contribution in [2.24, 2.45) is 0 Å². The molecule has 4 aromatic carbocycles. The second-order valence-corrected chi connectivity index (χ2v) is 19.0. The van der Waals surface area contributed by atoms with Gasteiger partial charge in [0.1, 0.15) is 0 Å². The molecule has 6 heteroatoms. The minimum absolute atomic E-state index is 0.874. The second kappa shape index (κ2) is 10.9. The first-order valence-corrected chi connectivity index (χ1v) is 20.2. The first-order valence-electron chi connectivity index (χ1n) is 15.2. The zero-order valence-corrected chi connectivity index (χ0v) is 29.3. The van der Waals surface area contributed by atoms with Gasteiger partial charge in [-0.3, -0.25) is 0 Å². The van der Waals surface area contributed by atoms with Gasteiger partial charge in [0.2, 0.25) is 0 Å². The molecule has 5 heterocycles. The molecular formula is C40H27OPS4. The van der Waals surface area contributed by atoms with Crippen molar-refractivity contribution in [2.45, 2.75) is 13.8 Å². The van der Waals surface area contributed by atoms with Crippen molar-refractivity contribution in [2.75, 3.05) is 0 Å². The van der Waals surface area contributed by atoms with Crippen LogP contribution in [0.3, 0.4) is 0 Å². The fourth-order valence-electron chi connectivity index (χ4n) is 6.80. The summed E-state index contributed by atoms with van der Waals surface area (Å²) in [5.41, 5.74) is 2.04. The van der Waals surface area contributed by atoms with Gasteiger partial charge in [-0.05, 0) is 61.4 Å². The van der Waals surface area contributed by atoms with Crippen molar-refractivity contribution in [1.29, 1.82) is 0 Å². The van der Waals surface area contributed by atoms with Crippen LogP contribution < -0.4 is 15.7 Å².